The van der Waals surface area contributed by atoms with Crippen LogP contribution in [0.25, 0.3) is 11.1 Å². The van der Waals surface area contributed by atoms with Gasteiger partial charge < -0.3 is 14.2 Å². The highest BCUT2D eigenvalue weighted by atomic mass is 35.5. The third-order valence-electron chi connectivity index (χ3n) is 5.15. The largest absolute Gasteiger partial charge is 0.488 e. The summed E-state index contributed by atoms with van der Waals surface area (Å²) in [6.07, 6.45) is 0. The van der Waals surface area contributed by atoms with Gasteiger partial charge in [-0.2, -0.15) is 5.26 Å². The maximum Gasteiger partial charge on any atom is 0.174 e. The molecule has 3 aromatic carbocycles. The first-order chi connectivity index (χ1) is 14.6. The number of methoxy groups -OCH3 is 1. The molecule has 1 fully saturated rings. The van der Waals surface area contributed by atoms with Crippen molar-refractivity contribution in [3.63, 3.8) is 0 Å². The van der Waals surface area contributed by atoms with Crippen LogP contribution in [0.4, 0.5) is 4.39 Å². The van der Waals surface area contributed by atoms with Crippen molar-refractivity contribution >= 4 is 11.6 Å². The third-order valence-corrected chi connectivity index (χ3v) is 5.48. The number of hydrogen-bond donors (Lipinski definition) is 0. The lowest BCUT2D eigenvalue weighted by molar-refractivity contribution is 0.144. The molecule has 0 aromatic heterocycles. The van der Waals surface area contributed by atoms with Gasteiger partial charge >= 0.3 is 0 Å². The molecule has 152 valence electrons. The van der Waals surface area contributed by atoms with Crippen LogP contribution in [0.5, 0.6) is 5.75 Å². The van der Waals surface area contributed by atoms with Gasteiger partial charge in [0.05, 0.1) is 24.8 Å². The van der Waals surface area contributed by atoms with E-state index < -0.39 is 11.4 Å². The van der Waals surface area contributed by atoms with Crippen LogP contribution >= 0.6 is 11.6 Å². The van der Waals surface area contributed by atoms with Gasteiger partial charge in [0.1, 0.15) is 12.2 Å². The highest BCUT2D eigenvalue weighted by molar-refractivity contribution is 6.33. The molecule has 0 aliphatic carbocycles. The Morgan fingerprint density at radius 3 is 2.53 bits per heavy atom. The molecule has 1 unspecified atom stereocenters. The number of nitriles is 1. The molecule has 0 spiro atoms. The topological polar surface area (TPSA) is 54.8 Å². The van der Waals surface area contributed by atoms with Gasteiger partial charge in [0, 0.05) is 23.3 Å². The molecule has 30 heavy (non-hydrogen) atoms. The highest BCUT2D eigenvalue weighted by Crippen LogP contribution is 2.47. The van der Waals surface area contributed by atoms with Crippen LogP contribution in [0.15, 0.2) is 60.7 Å². The molecule has 0 bridgehead atoms. The minimum atomic E-state index is -0.630. The normalized spacial score (nSPS) is 17.4. The number of benzene rings is 3. The van der Waals surface area contributed by atoms with E-state index in [2.05, 4.69) is 6.07 Å². The molecule has 3 aromatic rings. The van der Waals surface area contributed by atoms with E-state index in [0.717, 1.165) is 11.1 Å². The van der Waals surface area contributed by atoms with Gasteiger partial charge in [-0.1, -0.05) is 48.0 Å². The number of hydrogen-bond acceptors (Lipinski definition) is 4. The minimum absolute atomic E-state index is 0.0444. The van der Waals surface area contributed by atoms with E-state index in [4.69, 9.17) is 25.8 Å². The van der Waals surface area contributed by atoms with Crippen molar-refractivity contribution in [2.45, 2.75) is 5.60 Å². The molecular formula is C24H19ClFNO3. The van der Waals surface area contributed by atoms with Crippen molar-refractivity contribution in [3.05, 3.63) is 88.2 Å². The number of epoxide rings is 1. The van der Waals surface area contributed by atoms with Crippen LogP contribution in [0.1, 0.15) is 16.7 Å². The van der Waals surface area contributed by atoms with Gasteiger partial charge in [0.25, 0.3) is 0 Å². The van der Waals surface area contributed by atoms with Gasteiger partial charge in [-0.25, -0.2) is 4.39 Å². The smallest absolute Gasteiger partial charge is 0.174 e. The van der Waals surface area contributed by atoms with Gasteiger partial charge in [-0.3, -0.25) is 0 Å². The lowest BCUT2D eigenvalue weighted by Crippen LogP contribution is -2.11. The summed E-state index contributed by atoms with van der Waals surface area (Å²) in [5, 5.41) is 9.91. The molecule has 1 saturated heterocycles. The molecule has 0 radical (unpaired) electrons. The molecule has 1 atom stereocenters. The van der Waals surface area contributed by atoms with Crippen molar-refractivity contribution in [1.82, 2.24) is 0 Å². The molecule has 1 aliphatic heterocycles. The molecule has 1 heterocycles. The molecule has 6 heteroatoms. The predicted molar refractivity (Wildman–Crippen MR) is 112 cm³/mol. The number of rotatable bonds is 7. The summed E-state index contributed by atoms with van der Waals surface area (Å²) in [5.41, 5.74) is 1.99. The number of nitrogens with zero attached hydrogens (tertiary/aromatic N) is 1. The first-order valence-corrected chi connectivity index (χ1v) is 9.83. The Morgan fingerprint density at radius 1 is 1.10 bits per heavy atom. The number of ether oxygens (including phenoxy) is 3. The summed E-state index contributed by atoms with van der Waals surface area (Å²) in [4.78, 5) is 0. The Balaban J connectivity index is 1.81. The van der Waals surface area contributed by atoms with E-state index in [0.29, 0.717) is 23.8 Å². The second kappa shape index (κ2) is 8.45. The summed E-state index contributed by atoms with van der Waals surface area (Å²) < 4.78 is 31.6. The van der Waals surface area contributed by atoms with E-state index >= 15 is 4.39 Å². The average Bonchev–Trinajstić information content (AvgIpc) is 3.58. The monoisotopic (exact) mass is 423 g/mol. The average molecular weight is 424 g/mol. The van der Waals surface area contributed by atoms with Crippen LogP contribution in [-0.2, 0) is 15.1 Å². The fourth-order valence-corrected chi connectivity index (χ4v) is 3.72. The summed E-state index contributed by atoms with van der Waals surface area (Å²) >= 11 is 6.45. The van der Waals surface area contributed by atoms with E-state index in [1.54, 1.807) is 12.1 Å². The zero-order chi connectivity index (χ0) is 21.1. The van der Waals surface area contributed by atoms with E-state index in [1.165, 1.54) is 19.2 Å². The van der Waals surface area contributed by atoms with Gasteiger partial charge in [-0.15, -0.1) is 0 Å². The summed E-state index contributed by atoms with van der Waals surface area (Å²) in [6, 6.07) is 20.2. The van der Waals surface area contributed by atoms with E-state index in [-0.39, 0.29) is 23.5 Å². The van der Waals surface area contributed by atoms with Crippen LogP contribution < -0.4 is 4.74 Å². The molecule has 4 nitrogen and oxygen atoms in total. The molecule has 0 N–H and O–H groups in total. The summed E-state index contributed by atoms with van der Waals surface area (Å²) in [7, 11) is 1.54. The summed E-state index contributed by atoms with van der Waals surface area (Å²) in [5.74, 6) is -0.586. The Morgan fingerprint density at radius 2 is 1.87 bits per heavy atom. The fourth-order valence-electron chi connectivity index (χ4n) is 3.51. The molecular weight excluding hydrogens is 405 g/mol. The second-order valence-corrected chi connectivity index (χ2v) is 7.34. The molecule has 4 rings (SSSR count). The van der Waals surface area contributed by atoms with E-state index in [9.17, 15) is 5.26 Å². The van der Waals surface area contributed by atoms with Crippen LogP contribution in [0, 0.1) is 17.1 Å². The van der Waals surface area contributed by atoms with Gasteiger partial charge in [0.2, 0.25) is 0 Å². The Bertz CT molecular complexity index is 1110. The third kappa shape index (κ3) is 3.66. The lowest BCUT2D eigenvalue weighted by atomic mass is 9.89. The SMILES string of the molecule is COCCOc1ccc(C#N)c(-c2cc(C3(c4ccccc4)CO3)ccc2Cl)c1F. The van der Waals surface area contributed by atoms with Gasteiger partial charge in [0.15, 0.2) is 11.6 Å². The molecule has 0 saturated carbocycles. The Labute approximate surface area is 179 Å². The Kier molecular flexibility index (Phi) is 5.74. The first kappa shape index (κ1) is 20.4. The second-order valence-electron chi connectivity index (χ2n) is 6.93. The Hall–Kier alpha value is -2.91. The quantitative estimate of drug-likeness (QED) is 0.381. The zero-order valence-electron chi connectivity index (χ0n) is 16.3. The van der Waals surface area contributed by atoms with Crippen LogP contribution in [-0.4, -0.2) is 26.9 Å². The molecule has 0 amide bonds. The highest BCUT2D eigenvalue weighted by Gasteiger charge is 2.48. The maximum absolute atomic E-state index is 15.4. The van der Waals surface area contributed by atoms with Crippen molar-refractivity contribution < 1.29 is 18.6 Å². The standard InChI is InChI=1S/C24H19ClFNO3/c1-28-11-12-29-21-10-7-16(14-27)22(23(21)26)19-13-18(8-9-20(19)25)24(15-30-24)17-5-3-2-4-6-17/h2-10,13H,11-12,15H2,1H3. The van der Waals surface area contributed by atoms with Crippen LogP contribution in [0.2, 0.25) is 5.02 Å². The van der Waals surface area contributed by atoms with Crippen molar-refractivity contribution in [1.29, 1.82) is 5.26 Å². The molecule has 1 aliphatic rings. The van der Waals surface area contributed by atoms with Crippen molar-refractivity contribution in [3.8, 4) is 22.9 Å². The predicted octanol–water partition coefficient (Wildman–Crippen LogP) is 5.32. The number of halogens is 2. The maximum atomic E-state index is 15.4. The van der Waals surface area contributed by atoms with Crippen LogP contribution in [0.3, 0.4) is 0 Å². The first-order valence-electron chi connectivity index (χ1n) is 9.45. The summed E-state index contributed by atoms with van der Waals surface area (Å²) in [6.45, 7) is 1.03. The van der Waals surface area contributed by atoms with Crippen molar-refractivity contribution in [2.75, 3.05) is 26.9 Å². The van der Waals surface area contributed by atoms with E-state index in [1.807, 2.05) is 36.4 Å². The zero-order valence-corrected chi connectivity index (χ0v) is 17.1. The van der Waals surface area contributed by atoms with Crippen molar-refractivity contribution in [2.24, 2.45) is 0 Å². The lowest BCUT2D eigenvalue weighted by Gasteiger charge is -2.17. The fraction of sp³-hybridized carbons (Fsp3) is 0.208. The minimum Gasteiger partial charge on any atom is -0.488 e. The van der Waals surface area contributed by atoms with Gasteiger partial charge in [-0.05, 0) is 35.4 Å².